The third-order valence-electron chi connectivity index (χ3n) is 1.70. The van der Waals surface area contributed by atoms with Crippen molar-refractivity contribution in [3.8, 4) is 0 Å². The van der Waals surface area contributed by atoms with Gasteiger partial charge in [0.15, 0.2) is 0 Å². The summed E-state index contributed by atoms with van der Waals surface area (Å²) >= 11 is 0. The molecule has 3 N–H and O–H groups in total. The zero-order valence-corrected chi connectivity index (χ0v) is 8.31. The molecule has 68 valence electrons. The highest BCUT2D eigenvalue weighted by Gasteiger charge is 2.22. The third-order valence-corrected chi connectivity index (χ3v) is 1.70. The number of nitrogens with two attached hydrogens (primary N) is 1. The highest BCUT2D eigenvalue weighted by molar-refractivity contribution is 4.79. The van der Waals surface area contributed by atoms with E-state index < -0.39 is 0 Å². The molecule has 1 atom stereocenters. The van der Waals surface area contributed by atoms with Crippen LogP contribution < -0.4 is 11.2 Å². The van der Waals surface area contributed by atoms with Crippen LogP contribution in [0.25, 0.3) is 0 Å². The number of hydrogen-bond acceptors (Lipinski definition) is 3. The second-order valence-corrected chi connectivity index (χ2v) is 4.18. The lowest BCUT2D eigenvalue weighted by atomic mass is 9.87. The normalized spacial score (nSPS) is 15.5. The molecule has 0 saturated carbocycles. The monoisotopic (exact) mass is 159 g/mol. The Morgan fingerprint density at radius 3 is 1.91 bits per heavy atom. The van der Waals surface area contributed by atoms with Crippen LogP contribution in [0.3, 0.4) is 0 Å². The molecule has 0 saturated heterocycles. The Morgan fingerprint density at radius 2 is 1.82 bits per heavy atom. The maximum atomic E-state index is 5.62. The number of nitrogens with one attached hydrogen (secondary N) is 1. The van der Waals surface area contributed by atoms with Crippen molar-refractivity contribution in [3.63, 3.8) is 0 Å². The molecule has 0 aromatic carbocycles. The van der Waals surface area contributed by atoms with Gasteiger partial charge in [-0.3, -0.25) is 10.4 Å². The molecule has 3 nitrogen and oxygen atoms in total. The van der Waals surface area contributed by atoms with Crippen LogP contribution in [-0.2, 0) is 0 Å². The third kappa shape index (κ3) is 4.35. The predicted octanol–water partition coefficient (Wildman–Crippen LogP) is 0.426. The van der Waals surface area contributed by atoms with E-state index in [0.29, 0.717) is 12.6 Å². The van der Waals surface area contributed by atoms with Crippen molar-refractivity contribution in [2.24, 2.45) is 11.1 Å². The zero-order chi connectivity index (χ0) is 9.07. The standard InChI is InChI=1S/C8H21N3/c1-8(2,3)7(6-9)10-11(4)5/h7,10H,6,9H2,1-5H3. The lowest BCUT2D eigenvalue weighted by molar-refractivity contribution is 0.160. The lowest BCUT2D eigenvalue weighted by Crippen LogP contribution is -2.51. The fourth-order valence-electron chi connectivity index (χ4n) is 0.912. The van der Waals surface area contributed by atoms with E-state index in [1.165, 1.54) is 0 Å². The molecule has 0 bridgehead atoms. The van der Waals surface area contributed by atoms with Gasteiger partial charge in [-0.15, -0.1) is 0 Å². The van der Waals surface area contributed by atoms with Crippen molar-refractivity contribution in [3.05, 3.63) is 0 Å². The van der Waals surface area contributed by atoms with E-state index >= 15 is 0 Å². The van der Waals surface area contributed by atoms with Crippen molar-refractivity contribution >= 4 is 0 Å². The van der Waals surface area contributed by atoms with E-state index in [1.54, 1.807) is 0 Å². The highest BCUT2D eigenvalue weighted by Crippen LogP contribution is 2.17. The molecule has 0 aliphatic rings. The van der Waals surface area contributed by atoms with Crippen molar-refractivity contribution in [2.75, 3.05) is 20.6 Å². The molecule has 1 unspecified atom stereocenters. The molecule has 0 radical (unpaired) electrons. The average molecular weight is 159 g/mol. The maximum absolute atomic E-state index is 5.62. The van der Waals surface area contributed by atoms with E-state index in [9.17, 15) is 0 Å². The van der Waals surface area contributed by atoms with Crippen LogP contribution in [0.5, 0.6) is 0 Å². The maximum Gasteiger partial charge on any atom is 0.0385 e. The molecular weight excluding hydrogens is 138 g/mol. The van der Waals surface area contributed by atoms with Crippen LogP contribution in [0, 0.1) is 5.41 Å². The minimum absolute atomic E-state index is 0.221. The van der Waals surface area contributed by atoms with Crippen LogP contribution in [0.4, 0.5) is 0 Å². The summed E-state index contributed by atoms with van der Waals surface area (Å²) in [6.07, 6.45) is 0. The molecular formula is C8H21N3. The first kappa shape index (κ1) is 10.9. The summed E-state index contributed by atoms with van der Waals surface area (Å²) in [6, 6.07) is 0.345. The van der Waals surface area contributed by atoms with Crippen molar-refractivity contribution in [2.45, 2.75) is 26.8 Å². The molecule has 11 heavy (non-hydrogen) atoms. The lowest BCUT2D eigenvalue weighted by Gasteiger charge is -2.32. The van der Waals surface area contributed by atoms with Gasteiger partial charge in [-0.25, -0.2) is 0 Å². The minimum atomic E-state index is 0.221. The highest BCUT2D eigenvalue weighted by atomic mass is 15.5. The predicted molar refractivity (Wildman–Crippen MR) is 49.1 cm³/mol. The van der Waals surface area contributed by atoms with Crippen LogP contribution in [0.1, 0.15) is 20.8 Å². The Morgan fingerprint density at radius 1 is 1.36 bits per heavy atom. The van der Waals surface area contributed by atoms with Gasteiger partial charge in [-0.1, -0.05) is 20.8 Å². The van der Waals surface area contributed by atoms with E-state index in [2.05, 4.69) is 26.2 Å². The van der Waals surface area contributed by atoms with Crippen LogP contribution in [-0.4, -0.2) is 31.7 Å². The molecule has 3 heteroatoms. The second-order valence-electron chi connectivity index (χ2n) is 4.18. The van der Waals surface area contributed by atoms with Crippen molar-refractivity contribution in [1.82, 2.24) is 10.4 Å². The molecule has 0 rings (SSSR count). The largest absolute Gasteiger partial charge is 0.329 e. The van der Waals surface area contributed by atoms with Gasteiger partial charge in [0.2, 0.25) is 0 Å². The summed E-state index contributed by atoms with van der Waals surface area (Å²) in [6.45, 7) is 7.21. The van der Waals surface area contributed by atoms with Crippen LogP contribution in [0.2, 0.25) is 0 Å². The molecule has 0 heterocycles. The van der Waals surface area contributed by atoms with Gasteiger partial charge < -0.3 is 5.73 Å². The fraction of sp³-hybridized carbons (Fsp3) is 1.00. The van der Waals surface area contributed by atoms with Crippen LogP contribution >= 0.6 is 0 Å². The first-order valence-electron chi connectivity index (χ1n) is 4.01. The van der Waals surface area contributed by atoms with E-state index in [-0.39, 0.29) is 5.41 Å². The second kappa shape index (κ2) is 4.04. The van der Waals surface area contributed by atoms with Gasteiger partial charge in [0.25, 0.3) is 0 Å². The summed E-state index contributed by atoms with van der Waals surface area (Å²) in [7, 11) is 3.96. The van der Waals surface area contributed by atoms with Gasteiger partial charge in [-0.2, -0.15) is 0 Å². The fourth-order valence-corrected chi connectivity index (χ4v) is 0.912. The Balaban J connectivity index is 3.96. The zero-order valence-electron chi connectivity index (χ0n) is 8.31. The molecule has 0 fully saturated rings. The number of rotatable bonds is 3. The van der Waals surface area contributed by atoms with E-state index in [0.717, 1.165) is 0 Å². The summed E-state index contributed by atoms with van der Waals surface area (Å²) < 4.78 is 0. The molecule has 0 spiro atoms. The first-order valence-corrected chi connectivity index (χ1v) is 4.01. The Kier molecular flexibility index (Phi) is 4.00. The summed E-state index contributed by atoms with van der Waals surface area (Å²) in [4.78, 5) is 0. The van der Waals surface area contributed by atoms with Crippen molar-refractivity contribution in [1.29, 1.82) is 0 Å². The number of nitrogens with zero attached hydrogens (tertiary/aromatic N) is 1. The average Bonchev–Trinajstić information content (AvgIpc) is 1.79. The van der Waals surface area contributed by atoms with Gasteiger partial charge in [0.05, 0.1) is 0 Å². The number of hydrogen-bond donors (Lipinski definition) is 2. The van der Waals surface area contributed by atoms with E-state index in [1.807, 2.05) is 19.1 Å². The van der Waals surface area contributed by atoms with Crippen LogP contribution in [0.15, 0.2) is 0 Å². The first-order chi connectivity index (χ1) is 4.88. The quantitative estimate of drug-likeness (QED) is 0.587. The Labute approximate surface area is 69.9 Å². The molecule has 0 amide bonds. The number of hydrazine groups is 1. The summed E-state index contributed by atoms with van der Waals surface area (Å²) in [5, 5.41) is 1.95. The summed E-state index contributed by atoms with van der Waals surface area (Å²) in [5.41, 5.74) is 9.12. The summed E-state index contributed by atoms with van der Waals surface area (Å²) in [5.74, 6) is 0. The minimum Gasteiger partial charge on any atom is -0.329 e. The van der Waals surface area contributed by atoms with E-state index in [4.69, 9.17) is 5.73 Å². The van der Waals surface area contributed by atoms with Gasteiger partial charge in [0.1, 0.15) is 0 Å². The van der Waals surface area contributed by atoms with Gasteiger partial charge >= 0.3 is 0 Å². The molecule has 0 aromatic rings. The smallest absolute Gasteiger partial charge is 0.0385 e. The van der Waals surface area contributed by atoms with Crippen molar-refractivity contribution < 1.29 is 0 Å². The van der Waals surface area contributed by atoms with Gasteiger partial charge in [0, 0.05) is 26.7 Å². The Hall–Kier alpha value is -0.120. The Bertz CT molecular complexity index is 104. The molecule has 0 aromatic heterocycles. The topological polar surface area (TPSA) is 41.3 Å². The van der Waals surface area contributed by atoms with Gasteiger partial charge in [-0.05, 0) is 5.41 Å². The molecule has 0 aliphatic carbocycles. The SMILES string of the molecule is CN(C)NC(CN)C(C)(C)C. The molecule has 0 aliphatic heterocycles.